The molecule has 0 aliphatic heterocycles. The zero-order chi connectivity index (χ0) is 17.9. The van der Waals surface area contributed by atoms with Gasteiger partial charge in [-0.3, -0.25) is 4.79 Å². The smallest absolute Gasteiger partial charge is 0.188 e. The van der Waals surface area contributed by atoms with Gasteiger partial charge >= 0.3 is 0 Å². The van der Waals surface area contributed by atoms with Crippen molar-refractivity contribution in [1.29, 1.82) is 0 Å². The van der Waals surface area contributed by atoms with E-state index in [4.69, 9.17) is 0 Å². The summed E-state index contributed by atoms with van der Waals surface area (Å²) in [7, 11) is 0. The Kier molecular flexibility index (Phi) is 5.12. The topological polar surface area (TPSA) is 17.1 Å². The van der Waals surface area contributed by atoms with E-state index in [0.717, 1.165) is 31.4 Å². The summed E-state index contributed by atoms with van der Waals surface area (Å²) >= 11 is 1.51. The Morgan fingerprint density at radius 1 is 0.846 bits per heavy atom. The number of carbonyl (C=O) groups excluding carboxylic acids is 1. The summed E-state index contributed by atoms with van der Waals surface area (Å²) in [5, 5.41) is 8.35. The summed E-state index contributed by atoms with van der Waals surface area (Å²) in [5.41, 5.74) is 1.36. The highest BCUT2D eigenvalue weighted by molar-refractivity contribution is 8.13. The zero-order valence-corrected chi connectivity index (χ0v) is 16.1. The van der Waals surface area contributed by atoms with E-state index < -0.39 is 0 Å². The fraction of sp³-hybridized carbons (Fsp3) is 0.292. The first-order valence-electron chi connectivity index (χ1n) is 9.59. The third kappa shape index (κ3) is 3.31. The lowest BCUT2D eigenvalue weighted by Gasteiger charge is -2.13. The Labute approximate surface area is 159 Å². The van der Waals surface area contributed by atoms with Gasteiger partial charge in [-0.15, -0.1) is 0 Å². The van der Waals surface area contributed by atoms with Gasteiger partial charge in [0.05, 0.1) is 0 Å². The maximum Gasteiger partial charge on any atom is 0.188 e. The maximum absolute atomic E-state index is 12.0. The molecule has 0 saturated carbocycles. The molecule has 0 bridgehead atoms. The summed E-state index contributed by atoms with van der Waals surface area (Å²) in [5.74, 6) is 0.966. The largest absolute Gasteiger partial charge is 0.287 e. The molecular weight excluding hydrogens is 336 g/mol. The monoisotopic (exact) mass is 360 g/mol. The predicted octanol–water partition coefficient (Wildman–Crippen LogP) is 6.97. The molecular formula is C24H24OS. The molecule has 132 valence electrons. The van der Waals surface area contributed by atoms with Crippen molar-refractivity contribution in [2.45, 2.75) is 39.0 Å². The number of carbonyl (C=O) groups is 1. The molecule has 0 aliphatic carbocycles. The number of rotatable bonds is 7. The van der Waals surface area contributed by atoms with Crippen molar-refractivity contribution < 1.29 is 4.79 Å². The summed E-state index contributed by atoms with van der Waals surface area (Å²) in [4.78, 5) is 12.0. The zero-order valence-electron chi connectivity index (χ0n) is 15.3. The second kappa shape index (κ2) is 7.67. The molecule has 0 N–H and O–H groups in total. The third-order valence-corrected chi connectivity index (χ3v) is 6.23. The molecule has 26 heavy (non-hydrogen) atoms. The molecule has 1 nitrogen and oxygen atoms in total. The molecule has 0 spiro atoms. The highest BCUT2D eigenvalue weighted by Gasteiger charge is 2.11. The number of benzene rings is 4. The number of unbranched alkanes of at least 4 members (excludes halogenated alkanes) is 1. The van der Waals surface area contributed by atoms with Crippen molar-refractivity contribution in [3.05, 3.63) is 60.2 Å². The quantitative estimate of drug-likeness (QED) is 0.261. The molecule has 0 aromatic heterocycles. The van der Waals surface area contributed by atoms with Gasteiger partial charge in [0.1, 0.15) is 0 Å². The number of hydrogen-bond acceptors (Lipinski definition) is 2. The van der Waals surface area contributed by atoms with Crippen LogP contribution < -0.4 is 0 Å². The van der Waals surface area contributed by atoms with E-state index >= 15 is 0 Å². The minimum Gasteiger partial charge on any atom is -0.287 e. The van der Waals surface area contributed by atoms with Crippen LogP contribution in [-0.2, 0) is 11.2 Å². The normalized spacial score (nSPS) is 11.7. The number of thioether (sulfide) groups is 1. The van der Waals surface area contributed by atoms with E-state index in [-0.39, 0.29) is 0 Å². The summed E-state index contributed by atoms with van der Waals surface area (Å²) in [6, 6.07) is 19.9. The fourth-order valence-electron chi connectivity index (χ4n) is 3.84. The average Bonchev–Trinajstić information content (AvgIpc) is 2.67. The van der Waals surface area contributed by atoms with Crippen molar-refractivity contribution in [2.75, 3.05) is 5.75 Å². The van der Waals surface area contributed by atoms with Crippen molar-refractivity contribution in [3.8, 4) is 0 Å². The summed E-state index contributed by atoms with van der Waals surface area (Å²) in [6.45, 7) is 2.17. The van der Waals surface area contributed by atoms with Gasteiger partial charge in [-0.05, 0) is 57.1 Å². The molecule has 0 amide bonds. The van der Waals surface area contributed by atoms with Gasteiger partial charge in [0.2, 0.25) is 0 Å². The first-order valence-corrected chi connectivity index (χ1v) is 10.6. The Morgan fingerprint density at radius 3 is 2.31 bits per heavy atom. The van der Waals surface area contributed by atoms with Crippen LogP contribution in [0.5, 0.6) is 0 Å². The minimum absolute atomic E-state index is 0.344. The molecule has 4 rings (SSSR count). The van der Waals surface area contributed by atoms with Crippen LogP contribution in [0.3, 0.4) is 0 Å². The highest BCUT2D eigenvalue weighted by atomic mass is 32.2. The molecule has 0 atom stereocenters. The van der Waals surface area contributed by atoms with E-state index in [2.05, 4.69) is 61.5 Å². The standard InChI is InChI=1S/C24H24OS/c1-2-3-16-26-22(25)9-5-6-17-10-11-20-13-12-18-7-4-8-19-14-15-21(17)24(20)23(18)19/h4,7-8,10-15H,2-3,5-6,9,16H2,1H3. The molecule has 0 radical (unpaired) electrons. The van der Waals surface area contributed by atoms with Gasteiger partial charge in [-0.2, -0.15) is 0 Å². The van der Waals surface area contributed by atoms with Crippen molar-refractivity contribution in [1.82, 2.24) is 0 Å². The summed E-state index contributed by atoms with van der Waals surface area (Å²) in [6.07, 6.45) is 4.86. The van der Waals surface area contributed by atoms with E-state index in [0.29, 0.717) is 11.5 Å². The fourth-order valence-corrected chi connectivity index (χ4v) is 4.79. The van der Waals surface area contributed by atoms with Crippen molar-refractivity contribution >= 4 is 49.2 Å². The third-order valence-electron chi connectivity index (χ3n) is 5.21. The van der Waals surface area contributed by atoms with Gasteiger partial charge in [0, 0.05) is 12.2 Å². The SMILES string of the molecule is CCCCSC(=O)CCCc1ccc2ccc3cccc4ccc1c2c34. The van der Waals surface area contributed by atoms with Crippen LogP contribution >= 0.6 is 11.8 Å². The van der Waals surface area contributed by atoms with Gasteiger partial charge < -0.3 is 0 Å². The maximum atomic E-state index is 12.0. The number of hydrogen-bond donors (Lipinski definition) is 0. The van der Waals surface area contributed by atoms with Crippen LogP contribution in [-0.4, -0.2) is 10.9 Å². The van der Waals surface area contributed by atoms with Crippen LogP contribution in [0.4, 0.5) is 0 Å². The molecule has 2 heteroatoms. The van der Waals surface area contributed by atoms with Crippen LogP contribution in [0.25, 0.3) is 32.3 Å². The first kappa shape index (κ1) is 17.4. The Balaban J connectivity index is 1.59. The van der Waals surface area contributed by atoms with Crippen LogP contribution in [0.15, 0.2) is 54.6 Å². The molecule has 0 heterocycles. The molecule has 0 aliphatic rings. The van der Waals surface area contributed by atoms with Gasteiger partial charge in [0.15, 0.2) is 5.12 Å². The van der Waals surface area contributed by atoms with E-state index in [1.54, 1.807) is 0 Å². The first-order chi connectivity index (χ1) is 12.8. The second-order valence-corrected chi connectivity index (χ2v) is 8.16. The van der Waals surface area contributed by atoms with Gasteiger partial charge in [0.25, 0.3) is 0 Å². The lowest BCUT2D eigenvalue weighted by atomic mass is 9.91. The lowest BCUT2D eigenvalue weighted by Crippen LogP contribution is -1.96. The van der Waals surface area contributed by atoms with E-state index in [1.165, 1.54) is 49.6 Å². The lowest BCUT2D eigenvalue weighted by molar-refractivity contribution is -0.111. The molecule has 4 aromatic carbocycles. The molecule has 4 aromatic rings. The molecule has 0 fully saturated rings. The minimum atomic E-state index is 0.344. The van der Waals surface area contributed by atoms with Gasteiger partial charge in [-0.1, -0.05) is 79.7 Å². The van der Waals surface area contributed by atoms with E-state index in [1.807, 2.05) is 0 Å². The Morgan fingerprint density at radius 2 is 1.54 bits per heavy atom. The Hall–Kier alpha value is -2.06. The van der Waals surface area contributed by atoms with Crippen molar-refractivity contribution in [2.24, 2.45) is 0 Å². The predicted molar refractivity (Wildman–Crippen MR) is 115 cm³/mol. The molecule has 0 unspecified atom stereocenters. The Bertz CT molecular complexity index is 1030. The van der Waals surface area contributed by atoms with Crippen molar-refractivity contribution in [3.63, 3.8) is 0 Å². The highest BCUT2D eigenvalue weighted by Crippen LogP contribution is 2.36. The van der Waals surface area contributed by atoms with Crippen LogP contribution in [0, 0.1) is 0 Å². The molecule has 0 saturated heterocycles. The van der Waals surface area contributed by atoms with Gasteiger partial charge in [-0.25, -0.2) is 0 Å². The summed E-state index contributed by atoms with van der Waals surface area (Å²) < 4.78 is 0. The van der Waals surface area contributed by atoms with Crippen LogP contribution in [0.2, 0.25) is 0 Å². The van der Waals surface area contributed by atoms with Crippen LogP contribution in [0.1, 0.15) is 38.2 Å². The van der Waals surface area contributed by atoms with E-state index in [9.17, 15) is 4.79 Å². The second-order valence-electron chi connectivity index (χ2n) is 7.01. The number of aryl methyl sites for hydroxylation is 1. The average molecular weight is 361 g/mol.